The van der Waals surface area contributed by atoms with Gasteiger partial charge in [-0.3, -0.25) is 47.7 Å². The van der Waals surface area contributed by atoms with E-state index in [-0.39, 0.29) is 80.8 Å². The highest BCUT2D eigenvalue weighted by atomic mass is 35.5. The molecule has 91 heavy (non-hydrogen) atoms. The third-order valence-corrected chi connectivity index (χ3v) is 16.3. The van der Waals surface area contributed by atoms with Crippen molar-refractivity contribution in [3.63, 3.8) is 0 Å². The molecule has 6 aliphatic rings. The van der Waals surface area contributed by atoms with Crippen LogP contribution in [0.4, 0.5) is 29.2 Å². The summed E-state index contributed by atoms with van der Waals surface area (Å²) >= 11 is 5.16. The smallest absolute Gasteiger partial charge is 0.351 e. The summed E-state index contributed by atoms with van der Waals surface area (Å²) in [6.07, 6.45) is -2.04. The van der Waals surface area contributed by atoms with E-state index in [9.17, 15) is 61.7 Å². The van der Waals surface area contributed by atoms with Crippen molar-refractivity contribution in [3.8, 4) is 0 Å². The molecule has 0 aliphatic carbocycles. The summed E-state index contributed by atoms with van der Waals surface area (Å²) in [7, 11) is 0. The van der Waals surface area contributed by atoms with Crippen LogP contribution in [0.1, 0.15) is 129 Å². The van der Waals surface area contributed by atoms with Crippen molar-refractivity contribution in [1.29, 1.82) is 0 Å². The first-order valence-corrected chi connectivity index (χ1v) is 28.7. The average molecular weight is 1310 g/mol. The molecule has 2 aromatic carbocycles. The minimum absolute atomic E-state index is 0. The Balaban J connectivity index is 0.000000248. The van der Waals surface area contributed by atoms with Crippen molar-refractivity contribution < 1.29 is 85.7 Å². The van der Waals surface area contributed by atoms with Crippen LogP contribution in [0.5, 0.6) is 0 Å². The Bertz CT molecular complexity index is 3280. The third-order valence-electron chi connectivity index (χ3n) is 16.1. The number of benzene rings is 2. The van der Waals surface area contributed by atoms with Gasteiger partial charge >= 0.3 is 11.4 Å². The van der Waals surface area contributed by atoms with E-state index < -0.39 is 114 Å². The number of aliphatic hydroxyl groups is 4. The topological polar surface area (TPSA) is 335 Å². The lowest BCUT2D eigenvalue weighted by molar-refractivity contribution is -0.151. The SMILES string of the molecule is C.C.CC[C@H]1O[C@@H](N2C=CC(=O)CC2=O)[C@](C)(F)[C@@H]1C.CC[C@H]1O[C@@H](n2ccc(NC(=O)c3ccccc3)nc2=O)[C@](C)(F)[C@@H]1C.C[C@@]1(F)[C@H](O)[C@@H](CO)O[C@H]1N1C=CC(=O)CC1=O.C[C@@]1(F)[C@H](O)[C@@H](CO)O[C@H]1n1ccc(N)nc1=O.O=C(Cl)c1ccccc1. The van der Waals surface area contributed by atoms with E-state index in [4.69, 9.17) is 46.5 Å². The second-order valence-corrected chi connectivity index (χ2v) is 22.7. The molecule has 0 unspecified atom stereocenters. The summed E-state index contributed by atoms with van der Waals surface area (Å²) in [5.41, 5.74) is -2.87. The number of ether oxygens (including phenoxy) is 4. The van der Waals surface area contributed by atoms with Crippen LogP contribution in [0.3, 0.4) is 0 Å². The van der Waals surface area contributed by atoms with Crippen LogP contribution in [0.15, 0.2) is 119 Å². The van der Waals surface area contributed by atoms with Gasteiger partial charge in [0.25, 0.3) is 11.1 Å². The van der Waals surface area contributed by atoms with Crippen LogP contribution in [0, 0.1) is 11.8 Å². The molecule has 8 heterocycles. The molecule has 0 saturated carbocycles. The first-order chi connectivity index (χ1) is 41.8. The molecular weight excluding hydrogens is 1220 g/mol. The maximum Gasteiger partial charge on any atom is 0.351 e. The van der Waals surface area contributed by atoms with Crippen molar-refractivity contribution in [3.05, 3.63) is 142 Å². The number of halogens is 5. The van der Waals surface area contributed by atoms with Crippen molar-refractivity contribution in [2.45, 2.75) is 180 Å². The van der Waals surface area contributed by atoms with Crippen molar-refractivity contribution in [2.75, 3.05) is 24.3 Å². The number of amides is 3. The molecule has 4 aromatic rings. The van der Waals surface area contributed by atoms with Gasteiger partial charge in [-0.1, -0.05) is 91.1 Å². The zero-order valence-corrected chi connectivity index (χ0v) is 50.7. The highest BCUT2D eigenvalue weighted by Crippen LogP contribution is 2.46. The number of carbonyl (C=O) groups excluding carboxylic acids is 6. The highest BCUT2D eigenvalue weighted by Gasteiger charge is 2.58. The van der Waals surface area contributed by atoms with E-state index in [1.165, 1.54) is 55.5 Å². The number of hydrogen-bond acceptors (Lipinski definition) is 19. The van der Waals surface area contributed by atoms with Gasteiger partial charge in [0.05, 0.1) is 38.3 Å². The first kappa shape index (κ1) is 76.0. The van der Waals surface area contributed by atoms with Crippen molar-refractivity contribution >= 4 is 57.8 Å². The third kappa shape index (κ3) is 17.2. The number of nitrogens with one attached hydrogen (secondary N) is 1. The Morgan fingerprint density at radius 2 is 0.967 bits per heavy atom. The summed E-state index contributed by atoms with van der Waals surface area (Å²) in [6.45, 7) is 11.4. The van der Waals surface area contributed by atoms with Gasteiger partial charge in [-0.05, 0) is 88.6 Å². The maximum absolute atomic E-state index is 15.1. The van der Waals surface area contributed by atoms with E-state index >= 15 is 4.39 Å². The summed E-state index contributed by atoms with van der Waals surface area (Å²) < 4.78 is 82.3. The van der Waals surface area contributed by atoms with Crippen molar-refractivity contribution in [2.24, 2.45) is 11.8 Å². The Morgan fingerprint density at radius 3 is 1.35 bits per heavy atom. The molecule has 500 valence electrons. The number of nitrogen functional groups attached to an aromatic ring is 1. The fourth-order valence-electron chi connectivity index (χ4n) is 10.4. The Labute approximate surface area is 528 Å². The summed E-state index contributed by atoms with van der Waals surface area (Å²) in [6, 6.07) is 20.1. The number of hydrogen-bond donors (Lipinski definition) is 6. The summed E-state index contributed by atoms with van der Waals surface area (Å²) in [4.78, 5) is 102. The molecular formula is C62H81ClF4N8O16. The quantitative estimate of drug-likeness (QED) is 0.0551. The molecule has 16 atom stereocenters. The minimum atomic E-state index is -2.21. The molecule has 6 aliphatic heterocycles. The second-order valence-electron chi connectivity index (χ2n) is 22.4. The van der Waals surface area contributed by atoms with Gasteiger partial charge in [0.15, 0.2) is 59.2 Å². The lowest BCUT2D eigenvalue weighted by atomic mass is 9.88. The normalized spacial score (nSPS) is 32.1. The van der Waals surface area contributed by atoms with E-state index in [0.717, 1.165) is 40.2 Å². The maximum atomic E-state index is 15.1. The molecule has 0 radical (unpaired) electrons. The standard InChI is InChI=1S/C19H22FN3O3.C13H18FNO3.C11H14FNO5.C10H14FN3O4.C7H5ClO.2CH4/c1-4-14-12(2)19(3,20)17(26-14)23-11-10-15(22-18(23)25)21-16(24)13-8-6-5-7-9-13;1-4-10-8(2)13(3,14)12(18-10)15-6-5-9(16)7-11(15)17;1-11(12)9(17)7(5-14)18-10(11)13-3-2-6(15)4-8(13)16;1-10(11)7(16)5(4-15)18-8(10)14-3-2-6(12)13-9(14)17;8-7(9)6-4-2-1-3-5-6;;/h5-12,14,17H,4H2,1-3H3,(H,21,22,24,25);5-6,8,10,12H,4,7H2,1-3H3;2-3,7,9-10,14,17H,4-5H2,1H3;2-3,5,7-8,15-16H,4H2,1H3,(H2,12,13,17);1-5H;2*1H4/t12-,14-,17-,19-;8-,10-,12-,13-;7-,9-,10-,11-;5-,7-,8-,10-;;;/m1111.../s1. The number of nitrogens with zero attached hydrogens (tertiary/aromatic N) is 6. The molecule has 4 saturated heterocycles. The van der Waals surface area contributed by atoms with E-state index in [1.807, 2.05) is 19.9 Å². The van der Waals surface area contributed by atoms with Crippen LogP contribution < -0.4 is 22.4 Å². The van der Waals surface area contributed by atoms with E-state index in [1.54, 1.807) is 68.4 Å². The van der Waals surface area contributed by atoms with Gasteiger partial charge in [0, 0.05) is 47.8 Å². The molecule has 0 bridgehead atoms. The molecule has 4 fully saturated rings. The van der Waals surface area contributed by atoms with Crippen molar-refractivity contribution in [1.82, 2.24) is 28.9 Å². The number of carbonyl (C=O) groups is 6. The van der Waals surface area contributed by atoms with Gasteiger partial charge in [0.1, 0.15) is 36.1 Å². The number of aliphatic hydroxyl groups excluding tert-OH is 4. The van der Waals surface area contributed by atoms with Gasteiger partial charge in [-0.25, -0.2) is 27.2 Å². The molecule has 10 rings (SSSR count). The monoisotopic (exact) mass is 1300 g/mol. The fourth-order valence-corrected chi connectivity index (χ4v) is 10.6. The number of rotatable bonds is 11. The molecule has 29 heteroatoms. The number of ketones is 2. The van der Waals surface area contributed by atoms with Gasteiger partial charge in [0.2, 0.25) is 11.8 Å². The predicted octanol–water partition coefficient (Wildman–Crippen LogP) is 6.22. The van der Waals surface area contributed by atoms with Gasteiger partial charge < -0.3 is 50.4 Å². The average Bonchev–Trinajstić information content (AvgIpc) is 1.68. The number of alkyl halides is 4. The summed E-state index contributed by atoms with van der Waals surface area (Å²) in [5, 5.41) is 39.4. The molecule has 7 N–H and O–H groups in total. The number of allylic oxidation sites excluding steroid dienone is 2. The molecule has 0 spiro atoms. The van der Waals surface area contributed by atoms with Crippen LogP contribution in [-0.4, -0.2) is 169 Å². The van der Waals surface area contributed by atoms with E-state index in [0.29, 0.717) is 24.0 Å². The first-order valence-electron chi connectivity index (χ1n) is 28.3. The molecule has 2 aromatic heterocycles. The lowest BCUT2D eigenvalue weighted by Crippen LogP contribution is -2.51. The fraction of sp³-hybridized carbons (Fsp3) is 0.516. The summed E-state index contributed by atoms with van der Waals surface area (Å²) in [5.74, 6) is -2.50. The number of aromatic nitrogens is 4. The van der Waals surface area contributed by atoms with Crippen LogP contribution >= 0.6 is 11.6 Å². The zero-order valence-electron chi connectivity index (χ0n) is 49.9. The Morgan fingerprint density at radius 1 is 0.593 bits per heavy atom. The number of nitrogens with two attached hydrogens (primary N) is 1. The van der Waals surface area contributed by atoms with Crippen LogP contribution in [-0.2, 0) is 38.1 Å². The highest BCUT2D eigenvalue weighted by molar-refractivity contribution is 6.67. The lowest BCUT2D eigenvalue weighted by Gasteiger charge is -2.33. The number of anilines is 2. The molecule has 3 amide bonds. The largest absolute Gasteiger partial charge is 0.394 e. The second kappa shape index (κ2) is 31.8. The van der Waals surface area contributed by atoms with E-state index in [2.05, 4.69) is 15.3 Å². The Kier molecular flexibility index (Phi) is 26.5. The van der Waals surface area contributed by atoms with Gasteiger partial charge in [-0.15, -0.1) is 0 Å². The Hall–Kier alpha value is -7.41. The van der Waals surface area contributed by atoms with Crippen LogP contribution in [0.2, 0.25) is 0 Å². The predicted molar refractivity (Wildman–Crippen MR) is 325 cm³/mol. The molecule has 24 nitrogen and oxygen atoms in total. The van der Waals surface area contributed by atoms with Gasteiger partial charge in [-0.2, -0.15) is 9.97 Å². The minimum Gasteiger partial charge on any atom is -0.394 e. The zero-order chi connectivity index (χ0) is 66.1. The van der Waals surface area contributed by atoms with Crippen LogP contribution in [0.25, 0.3) is 0 Å².